The van der Waals surface area contributed by atoms with Crippen LogP contribution in [0.4, 0.5) is 0 Å². The molecule has 1 aliphatic carbocycles. The van der Waals surface area contributed by atoms with Crippen molar-refractivity contribution in [3.63, 3.8) is 0 Å². The van der Waals surface area contributed by atoms with Gasteiger partial charge in [0.1, 0.15) is 0 Å². The summed E-state index contributed by atoms with van der Waals surface area (Å²) in [5, 5.41) is 43.4. The number of carbonyl (C=O) groups is 1. The van der Waals surface area contributed by atoms with Crippen LogP contribution in [0.15, 0.2) is 41.1 Å². The number of hydrogen-bond acceptors (Lipinski definition) is 5. The van der Waals surface area contributed by atoms with Gasteiger partial charge in [-0.3, -0.25) is 4.79 Å². The average molecular weight is 395 g/mol. The van der Waals surface area contributed by atoms with E-state index in [1.54, 1.807) is 17.4 Å². The predicted molar refractivity (Wildman–Crippen MR) is 107 cm³/mol. The van der Waals surface area contributed by atoms with Gasteiger partial charge in [0.15, 0.2) is 0 Å². The smallest absolute Gasteiger partial charge is 0.303 e. The molecule has 4 N–H and O–H groups in total. The van der Waals surface area contributed by atoms with E-state index in [9.17, 15) is 20.1 Å². The Hall–Kier alpha value is -1.47. The van der Waals surface area contributed by atoms with Crippen LogP contribution in [0.3, 0.4) is 0 Å². The van der Waals surface area contributed by atoms with Crippen molar-refractivity contribution in [1.29, 1.82) is 0 Å². The molecule has 0 amide bonds. The molecule has 1 fully saturated rings. The van der Waals surface area contributed by atoms with Gasteiger partial charge < -0.3 is 20.4 Å². The van der Waals surface area contributed by atoms with E-state index in [2.05, 4.69) is 11.4 Å². The van der Waals surface area contributed by atoms with Gasteiger partial charge in [0, 0.05) is 18.8 Å². The van der Waals surface area contributed by atoms with Gasteiger partial charge in [-0.1, -0.05) is 24.3 Å². The van der Waals surface area contributed by atoms with E-state index in [4.69, 9.17) is 5.11 Å². The van der Waals surface area contributed by atoms with Gasteiger partial charge in [-0.15, -0.1) is 0 Å². The lowest BCUT2D eigenvalue weighted by molar-refractivity contribution is -0.137. The maximum atomic E-state index is 10.5. The maximum absolute atomic E-state index is 10.5. The summed E-state index contributed by atoms with van der Waals surface area (Å²) in [5.41, 5.74) is 1.22. The quantitative estimate of drug-likeness (QED) is 0.341. The standard InChI is InChI=1S/C21H30O5S/c22-16(8-7-15-11-12-27-14-15)9-10-18-17(19(23)13-20(18)24)5-3-1-2-4-6-21(25)26/h1,3,9-12,14,16-20,22-24H,2,4-8,13H2,(H,25,26)/b3-1+,10-9+. The Morgan fingerprint density at radius 2 is 2.11 bits per heavy atom. The monoisotopic (exact) mass is 394 g/mol. The summed E-state index contributed by atoms with van der Waals surface area (Å²) in [6.07, 6.45) is 9.62. The number of carboxylic acid groups (broad SMARTS) is 1. The van der Waals surface area contributed by atoms with E-state index in [0.29, 0.717) is 32.1 Å². The molecule has 5 nitrogen and oxygen atoms in total. The van der Waals surface area contributed by atoms with Crippen LogP contribution in [0.1, 0.15) is 44.1 Å². The number of rotatable bonds is 11. The van der Waals surface area contributed by atoms with Crippen molar-refractivity contribution in [3.8, 4) is 0 Å². The van der Waals surface area contributed by atoms with Crippen molar-refractivity contribution in [2.45, 2.75) is 63.3 Å². The summed E-state index contributed by atoms with van der Waals surface area (Å²) in [5.74, 6) is -1.06. The molecule has 0 spiro atoms. The highest BCUT2D eigenvalue weighted by atomic mass is 32.1. The lowest BCUT2D eigenvalue weighted by Crippen LogP contribution is -2.20. The highest BCUT2D eigenvalue weighted by molar-refractivity contribution is 7.07. The van der Waals surface area contributed by atoms with E-state index >= 15 is 0 Å². The second-order valence-electron chi connectivity index (χ2n) is 7.23. The third-order valence-electron chi connectivity index (χ3n) is 5.12. The molecule has 1 aromatic rings. The van der Waals surface area contributed by atoms with Gasteiger partial charge in [0.05, 0.1) is 18.3 Å². The summed E-state index contributed by atoms with van der Waals surface area (Å²) < 4.78 is 0. The maximum Gasteiger partial charge on any atom is 0.303 e. The molecule has 2 rings (SSSR count). The summed E-state index contributed by atoms with van der Waals surface area (Å²) in [6.45, 7) is 0. The first-order chi connectivity index (χ1) is 13.0. The predicted octanol–water partition coefficient (Wildman–Crippen LogP) is 3.16. The number of hydrogen-bond donors (Lipinski definition) is 4. The molecule has 0 aromatic carbocycles. The van der Waals surface area contributed by atoms with Crippen molar-refractivity contribution in [1.82, 2.24) is 0 Å². The summed E-state index contributed by atoms with van der Waals surface area (Å²) in [6, 6.07) is 2.05. The molecule has 5 unspecified atom stereocenters. The Labute approximate surface area is 164 Å². The second kappa shape index (κ2) is 11.4. The van der Waals surface area contributed by atoms with Crippen LogP contribution in [0.5, 0.6) is 0 Å². The van der Waals surface area contributed by atoms with Crippen LogP contribution < -0.4 is 0 Å². The Morgan fingerprint density at radius 1 is 1.30 bits per heavy atom. The molecule has 150 valence electrons. The third-order valence-corrected chi connectivity index (χ3v) is 5.85. The number of aliphatic hydroxyl groups is 3. The number of aliphatic hydroxyl groups excluding tert-OH is 3. The second-order valence-corrected chi connectivity index (χ2v) is 8.01. The van der Waals surface area contributed by atoms with Crippen molar-refractivity contribution >= 4 is 17.3 Å². The van der Waals surface area contributed by atoms with Gasteiger partial charge in [-0.05, 0) is 60.4 Å². The highest BCUT2D eigenvalue weighted by Gasteiger charge is 2.39. The Balaban J connectivity index is 1.81. The largest absolute Gasteiger partial charge is 0.481 e. The lowest BCUT2D eigenvalue weighted by Gasteiger charge is -2.19. The summed E-state index contributed by atoms with van der Waals surface area (Å²) in [4.78, 5) is 10.5. The zero-order valence-electron chi connectivity index (χ0n) is 15.5. The van der Waals surface area contributed by atoms with E-state index in [0.717, 1.165) is 6.42 Å². The first kappa shape index (κ1) is 21.8. The zero-order valence-corrected chi connectivity index (χ0v) is 16.3. The SMILES string of the molecule is O=C(O)CCC/C=C/CC1C(O)CC(O)C1/C=C/C(O)CCc1ccsc1. The molecule has 0 bridgehead atoms. The first-order valence-corrected chi connectivity index (χ1v) is 10.5. The number of allylic oxidation sites excluding steroid dienone is 2. The number of unbranched alkanes of at least 4 members (excludes halogenated alkanes) is 1. The highest BCUT2D eigenvalue weighted by Crippen LogP contribution is 2.36. The minimum atomic E-state index is -0.791. The lowest BCUT2D eigenvalue weighted by atomic mass is 9.89. The van der Waals surface area contributed by atoms with Crippen LogP contribution in [0.2, 0.25) is 0 Å². The van der Waals surface area contributed by atoms with E-state index in [-0.39, 0.29) is 18.3 Å². The Kier molecular flexibility index (Phi) is 9.21. The van der Waals surface area contributed by atoms with E-state index < -0.39 is 24.3 Å². The molecule has 1 saturated carbocycles. The van der Waals surface area contributed by atoms with Gasteiger partial charge in [-0.25, -0.2) is 0 Å². The van der Waals surface area contributed by atoms with Crippen LogP contribution in [-0.2, 0) is 11.2 Å². The van der Waals surface area contributed by atoms with Gasteiger partial charge >= 0.3 is 5.97 Å². The van der Waals surface area contributed by atoms with Crippen molar-refractivity contribution in [2.24, 2.45) is 11.8 Å². The molecular formula is C21H30O5S. The van der Waals surface area contributed by atoms with Crippen molar-refractivity contribution < 1.29 is 25.2 Å². The molecular weight excluding hydrogens is 364 g/mol. The first-order valence-electron chi connectivity index (χ1n) is 9.57. The van der Waals surface area contributed by atoms with Crippen LogP contribution >= 0.6 is 11.3 Å². The Bertz CT molecular complexity index is 610. The van der Waals surface area contributed by atoms with Crippen LogP contribution in [0.25, 0.3) is 0 Å². The number of aryl methyl sites for hydroxylation is 1. The normalized spacial score (nSPS) is 26.9. The molecule has 0 saturated heterocycles. The molecule has 1 heterocycles. The zero-order chi connectivity index (χ0) is 19.6. The van der Waals surface area contributed by atoms with Gasteiger partial charge in [0.2, 0.25) is 0 Å². The third kappa shape index (κ3) is 7.58. The molecule has 0 radical (unpaired) electrons. The van der Waals surface area contributed by atoms with Crippen LogP contribution in [-0.4, -0.2) is 44.7 Å². The van der Waals surface area contributed by atoms with Gasteiger partial charge in [-0.2, -0.15) is 11.3 Å². The van der Waals surface area contributed by atoms with E-state index in [1.807, 2.05) is 23.6 Å². The minimum absolute atomic E-state index is 0.0870. The molecule has 6 heteroatoms. The topological polar surface area (TPSA) is 98.0 Å². The Morgan fingerprint density at radius 3 is 2.81 bits per heavy atom. The molecule has 27 heavy (non-hydrogen) atoms. The number of thiophene rings is 1. The number of aliphatic carboxylic acids is 1. The van der Waals surface area contributed by atoms with Crippen molar-refractivity contribution in [3.05, 3.63) is 46.7 Å². The molecule has 0 aliphatic heterocycles. The molecule has 1 aromatic heterocycles. The number of carboxylic acids is 1. The van der Waals surface area contributed by atoms with Crippen LogP contribution in [0, 0.1) is 11.8 Å². The van der Waals surface area contributed by atoms with Gasteiger partial charge in [0.25, 0.3) is 0 Å². The van der Waals surface area contributed by atoms with Crippen molar-refractivity contribution in [2.75, 3.05) is 0 Å². The molecule has 5 atom stereocenters. The molecule has 1 aliphatic rings. The fourth-order valence-electron chi connectivity index (χ4n) is 3.55. The fourth-order valence-corrected chi connectivity index (χ4v) is 4.25. The summed E-state index contributed by atoms with van der Waals surface area (Å²) >= 11 is 1.64. The summed E-state index contributed by atoms with van der Waals surface area (Å²) in [7, 11) is 0. The van der Waals surface area contributed by atoms with E-state index in [1.165, 1.54) is 5.56 Å². The average Bonchev–Trinajstić information content (AvgIpc) is 3.22. The minimum Gasteiger partial charge on any atom is -0.481 e. The fraction of sp³-hybridized carbons (Fsp3) is 0.571.